The van der Waals surface area contributed by atoms with E-state index in [1.165, 1.54) is 0 Å². The van der Waals surface area contributed by atoms with Crippen molar-refractivity contribution >= 4 is 34.4 Å². The summed E-state index contributed by atoms with van der Waals surface area (Å²) in [5, 5.41) is 31.3. The summed E-state index contributed by atoms with van der Waals surface area (Å²) in [6.07, 6.45) is -0.0476. The third-order valence-corrected chi connectivity index (χ3v) is 6.90. The van der Waals surface area contributed by atoms with Gasteiger partial charge in [0, 0.05) is 0 Å². The van der Waals surface area contributed by atoms with Crippen LogP contribution in [0.1, 0.15) is 23.3 Å². The molecule has 2 N–H and O–H groups in total. The lowest BCUT2D eigenvalue weighted by molar-refractivity contribution is -0.149. The van der Waals surface area contributed by atoms with Crippen LogP contribution < -0.4 is 0 Å². The van der Waals surface area contributed by atoms with E-state index in [2.05, 4.69) is 0 Å². The number of aliphatic hydroxyl groups is 2. The molecule has 4 rings (SSSR count). The van der Waals surface area contributed by atoms with Crippen molar-refractivity contribution in [1.82, 2.24) is 0 Å². The molecule has 2 aromatic heterocycles. The highest BCUT2D eigenvalue weighted by Gasteiger charge is 2.61. The average Bonchev–Trinajstić information content (AvgIpc) is 3.26. The first kappa shape index (κ1) is 14.0. The first-order valence-corrected chi connectivity index (χ1v) is 9.45. The number of fused-ring (bicyclic) bond motifs is 1. The number of thioether (sulfide) groups is 1. The molecule has 2 aliphatic rings. The van der Waals surface area contributed by atoms with E-state index < -0.39 is 17.8 Å². The van der Waals surface area contributed by atoms with Crippen LogP contribution in [-0.2, 0) is 4.74 Å². The zero-order valence-corrected chi connectivity index (χ0v) is 13.4. The molecule has 4 heterocycles. The topological polar surface area (TPSA) is 49.7 Å². The van der Waals surface area contributed by atoms with Gasteiger partial charge in [0.05, 0.1) is 22.9 Å². The predicted octanol–water partition coefficient (Wildman–Crippen LogP) is 3.55. The van der Waals surface area contributed by atoms with Gasteiger partial charge in [-0.1, -0.05) is 6.08 Å². The Bertz CT molecular complexity index is 637. The molecule has 0 aliphatic carbocycles. The van der Waals surface area contributed by atoms with Gasteiger partial charge in [-0.2, -0.15) is 22.7 Å². The molecule has 0 amide bonds. The quantitative estimate of drug-likeness (QED) is 0.899. The summed E-state index contributed by atoms with van der Waals surface area (Å²) in [5.41, 5.74) is 1.13. The monoisotopic (exact) mass is 338 g/mol. The molecule has 110 valence electrons. The minimum atomic E-state index is -1.01. The van der Waals surface area contributed by atoms with E-state index in [0.717, 1.165) is 11.1 Å². The fourth-order valence-electron chi connectivity index (χ4n) is 3.13. The van der Waals surface area contributed by atoms with Gasteiger partial charge in [0.1, 0.15) is 0 Å². The van der Waals surface area contributed by atoms with Crippen molar-refractivity contribution in [2.75, 3.05) is 0 Å². The van der Waals surface area contributed by atoms with Gasteiger partial charge in [-0.05, 0) is 50.2 Å². The van der Waals surface area contributed by atoms with Gasteiger partial charge >= 0.3 is 0 Å². The Labute approximate surface area is 134 Å². The molecule has 21 heavy (non-hydrogen) atoms. The van der Waals surface area contributed by atoms with Crippen LogP contribution >= 0.6 is 34.4 Å². The maximum absolute atomic E-state index is 10.9. The largest absolute Gasteiger partial charge is 0.387 e. The van der Waals surface area contributed by atoms with E-state index >= 15 is 0 Å². The standard InChI is InChI=1S/C15H14O3S3/c16-12(10-2-5-20-8-10)15-3-6-21-13(15)11(18-14(15)17)9-1-4-19-7-9/h1-8,11-14,16-17H/t11-,12?,13+,14?,15-/m1/s1. The van der Waals surface area contributed by atoms with E-state index in [0.29, 0.717) is 0 Å². The normalized spacial score (nSPS) is 36.0. The minimum Gasteiger partial charge on any atom is -0.387 e. The summed E-state index contributed by atoms with van der Waals surface area (Å²) in [5.74, 6) is 0. The Morgan fingerprint density at radius 2 is 2.00 bits per heavy atom. The third kappa shape index (κ3) is 1.98. The maximum Gasteiger partial charge on any atom is 0.168 e. The second kappa shape index (κ2) is 5.22. The second-order valence-electron chi connectivity index (χ2n) is 5.28. The summed E-state index contributed by atoms with van der Waals surface area (Å²) in [4.78, 5) is 0. The molecule has 2 aromatic rings. The molecule has 1 fully saturated rings. The molecule has 5 atom stereocenters. The average molecular weight is 338 g/mol. The summed E-state index contributed by atoms with van der Waals surface area (Å²) < 4.78 is 5.83. The first-order valence-electron chi connectivity index (χ1n) is 6.62. The lowest BCUT2D eigenvalue weighted by Gasteiger charge is -2.34. The summed E-state index contributed by atoms with van der Waals surface area (Å²) in [6.45, 7) is 0. The van der Waals surface area contributed by atoms with E-state index in [1.807, 2.05) is 45.1 Å². The number of aliphatic hydroxyl groups excluding tert-OH is 2. The molecule has 2 unspecified atom stereocenters. The van der Waals surface area contributed by atoms with Crippen molar-refractivity contribution in [2.45, 2.75) is 23.7 Å². The fraction of sp³-hybridized carbons (Fsp3) is 0.333. The number of hydrogen-bond donors (Lipinski definition) is 2. The van der Waals surface area contributed by atoms with Gasteiger partial charge < -0.3 is 14.9 Å². The van der Waals surface area contributed by atoms with Gasteiger partial charge in [-0.3, -0.25) is 0 Å². The van der Waals surface area contributed by atoms with Crippen molar-refractivity contribution in [3.63, 3.8) is 0 Å². The third-order valence-electron chi connectivity index (χ3n) is 4.26. The first-order chi connectivity index (χ1) is 10.2. The van der Waals surface area contributed by atoms with Gasteiger partial charge in [-0.25, -0.2) is 0 Å². The highest BCUT2D eigenvalue weighted by atomic mass is 32.2. The van der Waals surface area contributed by atoms with Gasteiger partial charge in [-0.15, -0.1) is 11.8 Å². The van der Waals surface area contributed by atoms with Crippen LogP contribution in [0.5, 0.6) is 0 Å². The highest BCUT2D eigenvalue weighted by molar-refractivity contribution is 8.03. The van der Waals surface area contributed by atoms with E-state index in [1.54, 1.807) is 34.4 Å². The van der Waals surface area contributed by atoms with Crippen LogP contribution in [-0.4, -0.2) is 21.8 Å². The molecular formula is C15H14O3S3. The predicted molar refractivity (Wildman–Crippen MR) is 86.4 cm³/mol. The van der Waals surface area contributed by atoms with Crippen molar-refractivity contribution in [3.05, 3.63) is 56.3 Å². The molecular weight excluding hydrogens is 324 g/mol. The molecule has 1 saturated heterocycles. The summed E-state index contributed by atoms with van der Waals surface area (Å²) >= 11 is 4.79. The molecule has 0 saturated carbocycles. The van der Waals surface area contributed by atoms with Crippen molar-refractivity contribution < 1.29 is 14.9 Å². The SMILES string of the molecule is OC1O[C@H](c2ccsc2)[C@@H]2SC=C[C@]12C(O)c1ccsc1. The number of rotatable bonds is 3. The lowest BCUT2D eigenvalue weighted by atomic mass is 9.75. The van der Waals surface area contributed by atoms with Crippen LogP contribution in [0.2, 0.25) is 0 Å². The van der Waals surface area contributed by atoms with Crippen LogP contribution in [0.4, 0.5) is 0 Å². The van der Waals surface area contributed by atoms with Crippen molar-refractivity contribution in [2.24, 2.45) is 5.41 Å². The fourth-order valence-corrected chi connectivity index (χ4v) is 5.90. The summed E-state index contributed by atoms with van der Waals surface area (Å²) in [7, 11) is 0. The molecule has 0 spiro atoms. The van der Waals surface area contributed by atoms with Crippen LogP contribution in [0.25, 0.3) is 0 Å². The zero-order valence-electron chi connectivity index (χ0n) is 11.0. The molecule has 0 aromatic carbocycles. The van der Waals surface area contributed by atoms with E-state index in [4.69, 9.17) is 4.74 Å². The molecule has 3 nitrogen and oxygen atoms in total. The Morgan fingerprint density at radius 1 is 1.19 bits per heavy atom. The Balaban J connectivity index is 1.75. The smallest absolute Gasteiger partial charge is 0.168 e. The second-order valence-corrected chi connectivity index (χ2v) is 7.90. The summed E-state index contributed by atoms with van der Waals surface area (Å²) in [6, 6.07) is 3.93. The van der Waals surface area contributed by atoms with Crippen LogP contribution in [0, 0.1) is 5.41 Å². The number of ether oxygens (including phenoxy) is 1. The number of hydrogen-bond acceptors (Lipinski definition) is 6. The van der Waals surface area contributed by atoms with Gasteiger partial charge in [0.25, 0.3) is 0 Å². The molecule has 6 heteroatoms. The van der Waals surface area contributed by atoms with Crippen LogP contribution in [0.15, 0.2) is 45.1 Å². The molecule has 0 bridgehead atoms. The zero-order chi connectivity index (χ0) is 14.4. The van der Waals surface area contributed by atoms with Crippen molar-refractivity contribution in [1.29, 1.82) is 0 Å². The Morgan fingerprint density at radius 3 is 2.71 bits per heavy atom. The number of thiophene rings is 2. The van der Waals surface area contributed by atoms with Gasteiger partial charge in [0.2, 0.25) is 0 Å². The van der Waals surface area contributed by atoms with Crippen LogP contribution in [0.3, 0.4) is 0 Å². The van der Waals surface area contributed by atoms with Crippen molar-refractivity contribution in [3.8, 4) is 0 Å². The Kier molecular flexibility index (Phi) is 3.48. The van der Waals surface area contributed by atoms with Gasteiger partial charge in [0.15, 0.2) is 6.29 Å². The lowest BCUT2D eigenvalue weighted by Crippen LogP contribution is -2.40. The molecule has 0 radical (unpaired) electrons. The minimum absolute atomic E-state index is 0.0167. The maximum atomic E-state index is 10.9. The van der Waals surface area contributed by atoms with E-state index in [-0.39, 0.29) is 11.4 Å². The molecule has 2 aliphatic heterocycles. The highest BCUT2D eigenvalue weighted by Crippen LogP contribution is 2.61. The Hall–Kier alpha value is -0.630. The van der Waals surface area contributed by atoms with E-state index in [9.17, 15) is 10.2 Å².